The molecule has 194 valence electrons. The number of carbonyl (C=O) groups is 2. The van der Waals surface area contributed by atoms with E-state index in [1.807, 2.05) is 40.6 Å². The van der Waals surface area contributed by atoms with Gasteiger partial charge in [-0.1, -0.05) is 26.0 Å². The first-order valence-corrected chi connectivity index (χ1v) is 13.8. The van der Waals surface area contributed by atoms with Crippen molar-refractivity contribution in [2.45, 2.75) is 40.2 Å². The number of amides is 2. The molecule has 0 aliphatic rings. The van der Waals surface area contributed by atoms with Crippen molar-refractivity contribution in [1.82, 2.24) is 9.80 Å². The van der Waals surface area contributed by atoms with Crippen molar-refractivity contribution in [3.63, 3.8) is 0 Å². The van der Waals surface area contributed by atoms with Crippen LogP contribution in [0.3, 0.4) is 0 Å². The molecule has 36 heavy (non-hydrogen) atoms. The van der Waals surface area contributed by atoms with E-state index in [4.69, 9.17) is 9.47 Å². The van der Waals surface area contributed by atoms with E-state index in [0.717, 1.165) is 15.3 Å². The van der Waals surface area contributed by atoms with Gasteiger partial charge in [0.05, 0.1) is 33.7 Å². The van der Waals surface area contributed by atoms with Crippen LogP contribution in [0.15, 0.2) is 47.8 Å². The third kappa shape index (κ3) is 8.10. The molecular formula is C28H36N2O4S2. The van der Waals surface area contributed by atoms with Crippen molar-refractivity contribution in [1.29, 1.82) is 0 Å². The normalized spacial score (nSPS) is 10.9. The predicted octanol–water partition coefficient (Wildman–Crippen LogP) is 5.43. The minimum absolute atomic E-state index is 0.00805. The summed E-state index contributed by atoms with van der Waals surface area (Å²) < 4.78 is 10.8. The first kappa shape index (κ1) is 27.7. The van der Waals surface area contributed by atoms with Crippen LogP contribution in [0.1, 0.15) is 34.0 Å². The highest BCUT2D eigenvalue weighted by Crippen LogP contribution is 2.28. The zero-order valence-electron chi connectivity index (χ0n) is 21.8. The molecule has 0 unspecified atom stereocenters. The highest BCUT2D eigenvalue weighted by atomic mass is 32.1. The number of aryl methyl sites for hydroxylation is 1. The van der Waals surface area contributed by atoms with E-state index in [2.05, 4.69) is 32.9 Å². The van der Waals surface area contributed by atoms with Crippen LogP contribution in [0.2, 0.25) is 0 Å². The van der Waals surface area contributed by atoms with E-state index in [0.29, 0.717) is 44.0 Å². The van der Waals surface area contributed by atoms with Crippen LogP contribution in [0, 0.1) is 12.8 Å². The largest absolute Gasteiger partial charge is 0.493 e. The Hall–Kier alpha value is -2.84. The standard InChI is InChI=1S/C28H36N2O4S2/c1-20(2)17-30(27(31)16-23-7-6-14-35-23)19-28(32)29(18-24-10-8-21(3)36-24)13-12-22-9-11-25(33-4)26(15-22)34-5/h6-11,14-15,20H,12-13,16-19H2,1-5H3. The molecule has 0 saturated heterocycles. The molecule has 2 aromatic heterocycles. The van der Waals surface area contributed by atoms with E-state index in [1.54, 1.807) is 41.8 Å². The number of hydrogen-bond donors (Lipinski definition) is 0. The van der Waals surface area contributed by atoms with Gasteiger partial charge >= 0.3 is 0 Å². The van der Waals surface area contributed by atoms with Crippen LogP contribution in [-0.2, 0) is 29.0 Å². The average Bonchev–Trinajstić information content (AvgIpc) is 3.52. The lowest BCUT2D eigenvalue weighted by atomic mass is 10.1. The molecule has 0 spiro atoms. The van der Waals surface area contributed by atoms with E-state index < -0.39 is 0 Å². The quantitative estimate of drug-likeness (QED) is 0.297. The lowest BCUT2D eigenvalue weighted by Gasteiger charge is -2.28. The number of nitrogens with zero attached hydrogens (tertiary/aromatic N) is 2. The lowest BCUT2D eigenvalue weighted by molar-refractivity contribution is -0.140. The summed E-state index contributed by atoms with van der Waals surface area (Å²) in [4.78, 5) is 33.7. The maximum absolute atomic E-state index is 13.6. The third-order valence-electron chi connectivity index (χ3n) is 5.78. The van der Waals surface area contributed by atoms with Gasteiger partial charge in [0.2, 0.25) is 11.8 Å². The van der Waals surface area contributed by atoms with Crippen molar-refractivity contribution >= 4 is 34.5 Å². The summed E-state index contributed by atoms with van der Waals surface area (Å²) in [6.07, 6.45) is 0.997. The second-order valence-electron chi connectivity index (χ2n) is 9.19. The second-order valence-corrected chi connectivity index (χ2v) is 11.6. The van der Waals surface area contributed by atoms with Gasteiger partial charge in [-0.15, -0.1) is 22.7 Å². The maximum Gasteiger partial charge on any atom is 0.242 e. The Morgan fingerprint density at radius 3 is 2.33 bits per heavy atom. The van der Waals surface area contributed by atoms with Crippen LogP contribution < -0.4 is 9.47 Å². The minimum atomic E-state index is -0.0401. The van der Waals surface area contributed by atoms with Gasteiger partial charge in [-0.25, -0.2) is 0 Å². The van der Waals surface area contributed by atoms with E-state index >= 15 is 0 Å². The van der Waals surface area contributed by atoms with Crippen molar-refractivity contribution in [2.24, 2.45) is 5.92 Å². The fourth-order valence-corrected chi connectivity index (χ4v) is 5.58. The first-order chi connectivity index (χ1) is 17.3. The Morgan fingerprint density at radius 1 is 0.944 bits per heavy atom. The van der Waals surface area contributed by atoms with Crippen LogP contribution in [-0.4, -0.2) is 55.5 Å². The predicted molar refractivity (Wildman–Crippen MR) is 147 cm³/mol. The zero-order valence-corrected chi connectivity index (χ0v) is 23.4. The van der Waals surface area contributed by atoms with Crippen molar-refractivity contribution < 1.29 is 19.1 Å². The smallest absolute Gasteiger partial charge is 0.242 e. The lowest BCUT2D eigenvalue weighted by Crippen LogP contribution is -2.45. The van der Waals surface area contributed by atoms with Crippen LogP contribution in [0.25, 0.3) is 0 Å². The van der Waals surface area contributed by atoms with Crippen LogP contribution in [0.4, 0.5) is 0 Å². The Labute approximate surface area is 222 Å². The molecule has 1 aromatic carbocycles. The Bertz CT molecular complexity index is 1120. The van der Waals surface area contributed by atoms with Crippen LogP contribution >= 0.6 is 22.7 Å². The molecule has 6 nitrogen and oxygen atoms in total. The maximum atomic E-state index is 13.6. The molecule has 0 fully saturated rings. The summed E-state index contributed by atoms with van der Waals surface area (Å²) in [5.74, 6) is 1.57. The summed E-state index contributed by atoms with van der Waals surface area (Å²) >= 11 is 3.26. The molecule has 0 radical (unpaired) electrons. The number of thiophene rings is 2. The average molecular weight is 529 g/mol. The van der Waals surface area contributed by atoms with Crippen molar-refractivity contribution in [3.05, 3.63) is 68.0 Å². The molecule has 3 rings (SSSR count). The van der Waals surface area contributed by atoms with Crippen molar-refractivity contribution in [3.8, 4) is 11.5 Å². The third-order valence-corrected chi connectivity index (χ3v) is 7.65. The molecular weight excluding hydrogens is 492 g/mol. The fourth-order valence-electron chi connectivity index (χ4n) is 3.98. The van der Waals surface area contributed by atoms with Crippen LogP contribution in [0.5, 0.6) is 11.5 Å². The van der Waals surface area contributed by atoms with Gasteiger partial charge in [0.15, 0.2) is 11.5 Å². The van der Waals surface area contributed by atoms with E-state index in [-0.39, 0.29) is 24.3 Å². The Balaban J connectivity index is 1.75. The molecule has 0 aliphatic heterocycles. The second kappa shape index (κ2) is 13.5. The van der Waals surface area contributed by atoms with E-state index in [1.165, 1.54) is 4.88 Å². The molecule has 3 aromatic rings. The minimum Gasteiger partial charge on any atom is -0.493 e. The molecule has 8 heteroatoms. The highest BCUT2D eigenvalue weighted by Gasteiger charge is 2.23. The number of rotatable bonds is 13. The monoisotopic (exact) mass is 528 g/mol. The number of hydrogen-bond acceptors (Lipinski definition) is 6. The highest BCUT2D eigenvalue weighted by molar-refractivity contribution is 7.11. The van der Waals surface area contributed by atoms with Crippen molar-refractivity contribution in [2.75, 3.05) is 33.9 Å². The van der Waals surface area contributed by atoms with Gasteiger partial charge in [0.1, 0.15) is 0 Å². The summed E-state index contributed by atoms with van der Waals surface area (Å²) in [6, 6.07) is 13.9. The summed E-state index contributed by atoms with van der Waals surface area (Å²) in [6.45, 7) is 7.91. The molecule has 2 amide bonds. The van der Waals surface area contributed by atoms with Gasteiger partial charge in [-0.05, 0) is 60.5 Å². The number of methoxy groups -OCH3 is 2. The summed E-state index contributed by atoms with van der Waals surface area (Å²) in [5, 5.41) is 1.97. The van der Waals surface area contributed by atoms with Gasteiger partial charge in [0, 0.05) is 27.7 Å². The molecule has 0 bridgehead atoms. The summed E-state index contributed by atoms with van der Waals surface area (Å²) in [5.41, 5.74) is 1.06. The van der Waals surface area contributed by atoms with Gasteiger partial charge in [0.25, 0.3) is 0 Å². The summed E-state index contributed by atoms with van der Waals surface area (Å²) in [7, 11) is 3.23. The molecule has 0 aliphatic carbocycles. The first-order valence-electron chi connectivity index (χ1n) is 12.1. The number of carbonyl (C=O) groups excluding carboxylic acids is 2. The fraction of sp³-hybridized carbons (Fsp3) is 0.429. The molecule has 0 atom stereocenters. The number of benzene rings is 1. The van der Waals surface area contributed by atoms with Gasteiger partial charge < -0.3 is 19.3 Å². The topological polar surface area (TPSA) is 59.1 Å². The molecule has 0 saturated carbocycles. The Kier molecular flexibility index (Phi) is 10.4. The molecule has 0 N–H and O–H groups in total. The number of ether oxygens (including phenoxy) is 2. The zero-order chi connectivity index (χ0) is 26.1. The van der Waals surface area contributed by atoms with Gasteiger partial charge in [-0.3, -0.25) is 9.59 Å². The van der Waals surface area contributed by atoms with E-state index in [9.17, 15) is 9.59 Å². The Morgan fingerprint density at radius 2 is 1.72 bits per heavy atom. The SMILES string of the molecule is COc1ccc(CCN(Cc2ccc(C)s2)C(=O)CN(CC(C)C)C(=O)Cc2cccs2)cc1OC. The van der Waals surface area contributed by atoms with Gasteiger partial charge in [-0.2, -0.15) is 0 Å². The molecule has 2 heterocycles.